The lowest BCUT2D eigenvalue weighted by Gasteiger charge is -2.08. The zero-order chi connectivity index (χ0) is 13.6. The van der Waals surface area contributed by atoms with Crippen LogP contribution in [0.2, 0.25) is 0 Å². The minimum Gasteiger partial charge on any atom is -0.496 e. The van der Waals surface area contributed by atoms with Gasteiger partial charge in [-0.3, -0.25) is 4.79 Å². The molecule has 0 amide bonds. The summed E-state index contributed by atoms with van der Waals surface area (Å²) in [6.45, 7) is 0. The molecule has 0 aliphatic carbocycles. The summed E-state index contributed by atoms with van der Waals surface area (Å²) in [6.07, 6.45) is 0. The van der Waals surface area contributed by atoms with E-state index in [9.17, 15) is 9.18 Å². The Morgan fingerprint density at radius 3 is 2.68 bits per heavy atom. The summed E-state index contributed by atoms with van der Waals surface area (Å²) < 4.78 is 19.2. The van der Waals surface area contributed by atoms with E-state index in [0.29, 0.717) is 21.1 Å². The van der Waals surface area contributed by atoms with Gasteiger partial charge < -0.3 is 9.72 Å². The quantitative estimate of drug-likeness (QED) is 0.696. The predicted molar refractivity (Wildman–Crippen MR) is 76.3 cm³/mol. The van der Waals surface area contributed by atoms with Gasteiger partial charge >= 0.3 is 0 Å². The minimum absolute atomic E-state index is 0.253. The van der Waals surface area contributed by atoms with Crippen molar-refractivity contribution in [2.24, 2.45) is 0 Å². The molecule has 0 spiro atoms. The lowest BCUT2D eigenvalue weighted by Crippen LogP contribution is -2.06. The summed E-state index contributed by atoms with van der Waals surface area (Å²) in [4.78, 5) is 14.7. The van der Waals surface area contributed by atoms with E-state index in [2.05, 4.69) is 20.9 Å². The summed E-state index contributed by atoms with van der Waals surface area (Å²) in [6, 6.07) is 7.81. The van der Waals surface area contributed by atoms with Crippen molar-refractivity contribution in [2.75, 3.05) is 7.11 Å². The van der Waals surface area contributed by atoms with E-state index in [1.807, 2.05) is 0 Å². The molecular weight excluding hydrogens is 313 g/mol. The lowest BCUT2D eigenvalue weighted by molar-refractivity contribution is 0.413. The molecular formula is C14H9BrFNO2. The molecule has 1 heterocycles. The third kappa shape index (κ3) is 1.90. The van der Waals surface area contributed by atoms with Crippen LogP contribution in [0.5, 0.6) is 5.75 Å². The number of ether oxygens (including phenoxy) is 1. The molecule has 0 radical (unpaired) electrons. The molecule has 5 heteroatoms. The largest absolute Gasteiger partial charge is 0.496 e. The van der Waals surface area contributed by atoms with Gasteiger partial charge in [0, 0.05) is 16.2 Å². The second kappa shape index (κ2) is 4.35. The highest BCUT2D eigenvalue weighted by molar-refractivity contribution is 9.10. The van der Waals surface area contributed by atoms with Gasteiger partial charge in [-0.25, -0.2) is 4.39 Å². The van der Waals surface area contributed by atoms with Gasteiger partial charge in [0.25, 0.3) is 5.56 Å². The van der Waals surface area contributed by atoms with Crippen molar-refractivity contribution >= 4 is 37.6 Å². The number of fused-ring (bicyclic) bond motifs is 3. The Kier molecular flexibility index (Phi) is 2.78. The van der Waals surface area contributed by atoms with Crippen LogP contribution in [0.25, 0.3) is 21.7 Å². The van der Waals surface area contributed by atoms with Crippen LogP contribution in [0.3, 0.4) is 0 Å². The topological polar surface area (TPSA) is 42.1 Å². The number of benzene rings is 2. The van der Waals surface area contributed by atoms with Crippen LogP contribution in [0.1, 0.15) is 0 Å². The molecule has 19 heavy (non-hydrogen) atoms. The number of nitrogens with one attached hydrogen (secondary N) is 1. The second-order valence-corrected chi connectivity index (χ2v) is 5.03. The molecule has 3 rings (SSSR count). The number of halogens is 2. The van der Waals surface area contributed by atoms with Gasteiger partial charge in [-0.2, -0.15) is 0 Å². The number of methoxy groups -OCH3 is 1. The van der Waals surface area contributed by atoms with Crippen LogP contribution in [-0.2, 0) is 0 Å². The standard InChI is InChI=1S/C14H9BrFNO2/c1-19-13-6-9-8-3-2-7(16)4-12(8)17-14(18)10(9)5-11(13)15/h2-6H,1H3,(H,17,18). The number of aromatic amines is 1. The minimum atomic E-state index is -0.383. The van der Waals surface area contributed by atoms with E-state index in [0.717, 1.165) is 10.8 Å². The Bertz CT molecular complexity index is 857. The van der Waals surface area contributed by atoms with Crippen LogP contribution >= 0.6 is 15.9 Å². The zero-order valence-corrected chi connectivity index (χ0v) is 11.5. The van der Waals surface area contributed by atoms with Crippen molar-refractivity contribution < 1.29 is 9.13 Å². The smallest absolute Gasteiger partial charge is 0.256 e. The van der Waals surface area contributed by atoms with Gasteiger partial charge in [-0.05, 0) is 46.3 Å². The van der Waals surface area contributed by atoms with Crippen molar-refractivity contribution in [3.63, 3.8) is 0 Å². The average molecular weight is 322 g/mol. The third-order valence-corrected chi connectivity index (χ3v) is 3.68. The van der Waals surface area contributed by atoms with Gasteiger partial charge in [0.1, 0.15) is 11.6 Å². The maximum Gasteiger partial charge on any atom is 0.256 e. The first-order valence-electron chi connectivity index (χ1n) is 5.59. The number of hydrogen-bond acceptors (Lipinski definition) is 2. The third-order valence-electron chi connectivity index (χ3n) is 3.06. The molecule has 1 N–H and O–H groups in total. The molecule has 0 atom stereocenters. The summed E-state index contributed by atoms with van der Waals surface area (Å²) in [5, 5.41) is 2.05. The molecule has 2 aromatic carbocycles. The van der Waals surface area contributed by atoms with Gasteiger partial charge in [0.2, 0.25) is 0 Å². The van der Waals surface area contributed by atoms with Crippen LogP contribution in [-0.4, -0.2) is 12.1 Å². The van der Waals surface area contributed by atoms with Crippen molar-refractivity contribution in [1.29, 1.82) is 0 Å². The fourth-order valence-corrected chi connectivity index (χ4v) is 2.67. The maximum atomic E-state index is 13.2. The summed E-state index contributed by atoms with van der Waals surface area (Å²) >= 11 is 3.35. The van der Waals surface area contributed by atoms with Crippen LogP contribution in [0, 0.1) is 5.82 Å². The molecule has 0 saturated heterocycles. The molecule has 3 nitrogen and oxygen atoms in total. The van der Waals surface area contributed by atoms with Gasteiger partial charge in [-0.15, -0.1) is 0 Å². The van der Waals surface area contributed by atoms with E-state index >= 15 is 0 Å². The van der Waals surface area contributed by atoms with Crippen LogP contribution in [0.4, 0.5) is 4.39 Å². The SMILES string of the molecule is COc1cc2c(cc1Br)c(=O)[nH]c1cc(F)ccc12. The van der Waals surface area contributed by atoms with E-state index in [1.54, 1.807) is 25.3 Å². The monoisotopic (exact) mass is 321 g/mol. The molecule has 0 aliphatic heterocycles. The lowest BCUT2D eigenvalue weighted by atomic mass is 10.1. The maximum absolute atomic E-state index is 13.2. The molecule has 0 unspecified atom stereocenters. The molecule has 3 aromatic rings. The number of hydrogen-bond donors (Lipinski definition) is 1. The summed E-state index contributed by atoms with van der Waals surface area (Å²) in [7, 11) is 1.56. The van der Waals surface area contributed by atoms with Gasteiger partial charge in [-0.1, -0.05) is 0 Å². The molecule has 96 valence electrons. The predicted octanol–water partition coefficient (Wildman–Crippen LogP) is 3.59. The zero-order valence-electron chi connectivity index (χ0n) is 9.96. The van der Waals surface area contributed by atoms with Crippen molar-refractivity contribution in [1.82, 2.24) is 4.98 Å². The summed E-state index contributed by atoms with van der Waals surface area (Å²) in [5.41, 5.74) is 0.221. The molecule has 0 aliphatic rings. The van der Waals surface area contributed by atoms with Crippen LogP contribution in [0.15, 0.2) is 39.6 Å². The normalized spacial score (nSPS) is 11.1. The van der Waals surface area contributed by atoms with Crippen molar-refractivity contribution in [2.45, 2.75) is 0 Å². The van der Waals surface area contributed by atoms with E-state index in [4.69, 9.17) is 4.74 Å². The molecule has 0 saturated carbocycles. The first kappa shape index (κ1) is 12.2. The molecule has 0 fully saturated rings. The average Bonchev–Trinajstić information content (AvgIpc) is 2.38. The van der Waals surface area contributed by atoms with E-state index in [-0.39, 0.29) is 11.4 Å². The molecule has 1 aromatic heterocycles. The highest BCUT2D eigenvalue weighted by Crippen LogP contribution is 2.32. The number of pyridine rings is 1. The van der Waals surface area contributed by atoms with E-state index in [1.165, 1.54) is 12.1 Å². The first-order chi connectivity index (χ1) is 9.10. The van der Waals surface area contributed by atoms with Gasteiger partial charge in [0.05, 0.1) is 17.1 Å². The molecule has 0 bridgehead atoms. The highest BCUT2D eigenvalue weighted by atomic mass is 79.9. The van der Waals surface area contributed by atoms with Crippen molar-refractivity contribution in [3.05, 3.63) is 51.0 Å². The highest BCUT2D eigenvalue weighted by Gasteiger charge is 2.10. The van der Waals surface area contributed by atoms with Crippen LogP contribution < -0.4 is 10.3 Å². The Balaban J connectivity index is 2.55. The van der Waals surface area contributed by atoms with E-state index < -0.39 is 0 Å². The Labute approximate surface area is 116 Å². The fraction of sp³-hybridized carbons (Fsp3) is 0.0714. The Morgan fingerprint density at radius 2 is 1.95 bits per heavy atom. The van der Waals surface area contributed by atoms with Gasteiger partial charge in [0.15, 0.2) is 0 Å². The first-order valence-corrected chi connectivity index (χ1v) is 6.38. The Hall–Kier alpha value is -1.88. The number of aromatic nitrogens is 1. The van der Waals surface area contributed by atoms with Crippen molar-refractivity contribution in [3.8, 4) is 5.75 Å². The fourth-order valence-electron chi connectivity index (χ4n) is 2.16. The number of rotatable bonds is 1. The number of H-pyrrole nitrogens is 1. The second-order valence-electron chi connectivity index (χ2n) is 4.18. The Morgan fingerprint density at radius 1 is 1.16 bits per heavy atom. The summed E-state index contributed by atoms with van der Waals surface area (Å²) in [5.74, 6) is 0.246.